The number of nitrogens with one attached hydrogen (secondary N) is 2. The van der Waals surface area contributed by atoms with Crippen molar-refractivity contribution in [2.24, 2.45) is 0 Å². The Morgan fingerprint density at radius 3 is 2.68 bits per heavy atom. The van der Waals surface area contributed by atoms with Gasteiger partial charge in [0.25, 0.3) is 5.91 Å². The second-order valence-corrected chi connectivity index (χ2v) is 7.50. The molecule has 0 bridgehead atoms. The molecule has 2 heterocycles. The normalized spacial score (nSPS) is 10.9. The Labute approximate surface area is 193 Å². The lowest BCUT2D eigenvalue weighted by Gasteiger charge is -2.10. The third kappa shape index (κ3) is 4.73. The SMILES string of the molecule is O=C(Nc1ccc(OCCc2ccccc2)cc1)c1cc(-c2ncc3nn[nH]c3n2)ccc1F. The van der Waals surface area contributed by atoms with Crippen molar-refractivity contribution in [2.75, 3.05) is 11.9 Å². The highest BCUT2D eigenvalue weighted by Crippen LogP contribution is 2.22. The molecule has 0 saturated carbocycles. The van der Waals surface area contributed by atoms with Gasteiger partial charge in [0.2, 0.25) is 0 Å². The van der Waals surface area contributed by atoms with Gasteiger partial charge in [0.1, 0.15) is 17.1 Å². The van der Waals surface area contributed by atoms with Crippen LogP contribution in [0.1, 0.15) is 15.9 Å². The van der Waals surface area contributed by atoms with Crippen LogP contribution >= 0.6 is 0 Å². The summed E-state index contributed by atoms with van der Waals surface area (Å²) in [6.07, 6.45) is 2.30. The van der Waals surface area contributed by atoms with E-state index in [1.54, 1.807) is 24.3 Å². The van der Waals surface area contributed by atoms with E-state index in [9.17, 15) is 9.18 Å². The monoisotopic (exact) mass is 454 g/mol. The molecule has 2 N–H and O–H groups in total. The molecule has 5 rings (SSSR count). The van der Waals surface area contributed by atoms with Gasteiger partial charge in [0.05, 0.1) is 18.4 Å². The first kappa shape index (κ1) is 21.2. The molecule has 0 unspecified atom stereocenters. The first-order valence-corrected chi connectivity index (χ1v) is 10.6. The molecule has 0 aliphatic carbocycles. The molecular formula is C25H19FN6O2. The van der Waals surface area contributed by atoms with Crippen molar-refractivity contribution in [3.8, 4) is 17.1 Å². The van der Waals surface area contributed by atoms with Crippen LogP contribution in [-0.4, -0.2) is 37.9 Å². The number of rotatable bonds is 7. The number of amides is 1. The Kier molecular flexibility index (Phi) is 5.89. The number of aromatic nitrogens is 5. The molecule has 1 amide bonds. The van der Waals surface area contributed by atoms with Crippen LogP contribution < -0.4 is 10.1 Å². The van der Waals surface area contributed by atoms with Gasteiger partial charge in [-0.1, -0.05) is 35.5 Å². The van der Waals surface area contributed by atoms with Gasteiger partial charge < -0.3 is 10.1 Å². The highest BCUT2D eigenvalue weighted by molar-refractivity contribution is 6.05. The lowest BCUT2D eigenvalue weighted by atomic mass is 10.1. The van der Waals surface area contributed by atoms with Crippen LogP contribution in [-0.2, 0) is 6.42 Å². The number of carbonyl (C=O) groups is 1. The van der Waals surface area contributed by atoms with E-state index in [2.05, 4.69) is 42.8 Å². The van der Waals surface area contributed by atoms with Gasteiger partial charge in [0.15, 0.2) is 11.5 Å². The van der Waals surface area contributed by atoms with Gasteiger partial charge >= 0.3 is 0 Å². The fraction of sp³-hybridized carbons (Fsp3) is 0.0800. The van der Waals surface area contributed by atoms with E-state index in [-0.39, 0.29) is 5.56 Å². The van der Waals surface area contributed by atoms with Crippen LogP contribution in [0, 0.1) is 5.82 Å². The summed E-state index contributed by atoms with van der Waals surface area (Å²) in [4.78, 5) is 21.3. The second kappa shape index (κ2) is 9.45. The van der Waals surface area contributed by atoms with Gasteiger partial charge in [-0.05, 0) is 48.0 Å². The van der Waals surface area contributed by atoms with E-state index in [1.165, 1.54) is 30.0 Å². The number of aromatic amines is 1. The number of benzene rings is 3. The van der Waals surface area contributed by atoms with E-state index < -0.39 is 11.7 Å². The number of H-pyrrole nitrogens is 1. The zero-order valence-electron chi connectivity index (χ0n) is 17.9. The molecule has 0 aliphatic rings. The molecule has 8 nitrogen and oxygen atoms in total. The van der Waals surface area contributed by atoms with Gasteiger partial charge in [-0.3, -0.25) is 4.79 Å². The molecule has 5 aromatic rings. The minimum Gasteiger partial charge on any atom is -0.493 e. The van der Waals surface area contributed by atoms with E-state index in [1.807, 2.05) is 18.2 Å². The van der Waals surface area contributed by atoms with Crippen molar-refractivity contribution in [3.05, 3.63) is 95.9 Å². The van der Waals surface area contributed by atoms with Crippen molar-refractivity contribution in [1.29, 1.82) is 0 Å². The maximum atomic E-state index is 14.4. The molecule has 0 spiro atoms. The van der Waals surface area contributed by atoms with Crippen molar-refractivity contribution in [1.82, 2.24) is 25.4 Å². The van der Waals surface area contributed by atoms with Crippen molar-refractivity contribution < 1.29 is 13.9 Å². The summed E-state index contributed by atoms with van der Waals surface area (Å²) in [5.41, 5.74) is 3.05. The summed E-state index contributed by atoms with van der Waals surface area (Å²) in [7, 11) is 0. The van der Waals surface area contributed by atoms with Crippen molar-refractivity contribution >= 4 is 22.8 Å². The fourth-order valence-electron chi connectivity index (χ4n) is 3.40. The summed E-state index contributed by atoms with van der Waals surface area (Å²) >= 11 is 0. The Balaban J connectivity index is 1.25. The maximum absolute atomic E-state index is 14.4. The number of halogens is 1. The molecule has 0 saturated heterocycles. The van der Waals surface area contributed by atoms with E-state index >= 15 is 0 Å². The highest BCUT2D eigenvalue weighted by atomic mass is 19.1. The van der Waals surface area contributed by atoms with Crippen LogP contribution in [0.3, 0.4) is 0 Å². The summed E-state index contributed by atoms with van der Waals surface area (Å²) in [6, 6.07) is 21.1. The lowest BCUT2D eigenvalue weighted by Crippen LogP contribution is -2.14. The minimum atomic E-state index is -0.647. The van der Waals surface area contributed by atoms with Crippen LogP contribution in [0.2, 0.25) is 0 Å². The number of hydrogen-bond donors (Lipinski definition) is 2. The Morgan fingerprint density at radius 1 is 1.03 bits per heavy atom. The maximum Gasteiger partial charge on any atom is 0.258 e. The quantitative estimate of drug-likeness (QED) is 0.377. The number of carbonyl (C=O) groups excluding carboxylic acids is 1. The third-order valence-electron chi connectivity index (χ3n) is 5.17. The zero-order valence-corrected chi connectivity index (χ0v) is 17.9. The number of anilines is 1. The smallest absolute Gasteiger partial charge is 0.258 e. The van der Waals surface area contributed by atoms with Crippen molar-refractivity contribution in [3.63, 3.8) is 0 Å². The molecule has 0 aliphatic heterocycles. The van der Waals surface area contributed by atoms with Crippen LogP contribution in [0.15, 0.2) is 79.0 Å². The number of hydrogen-bond acceptors (Lipinski definition) is 6. The molecule has 2 aromatic heterocycles. The predicted octanol–water partition coefficient (Wildman–Crippen LogP) is 4.43. The number of fused-ring (bicyclic) bond motifs is 1. The summed E-state index contributed by atoms with van der Waals surface area (Å²) in [6.45, 7) is 0.538. The zero-order chi connectivity index (χ0) is 23.3. The predicted molar refractivity (Wildman–Crippen MR) is 125 cm³/mol. The first-order valence-electron chi connectivity index (χ1n) is 10.6. The molecule has 34 heavy (non-hydrogen) atoms. The average Bonchev–Trinajstić information content (AvgIpc) is 3.34. The molecule has 0 atom stereocenters. The van der Waals surface area contributed by atoms with Crippen molar-refractivity contribution in [2.45, 2.75) is 6.42 Å². The summed E-state index contributed by atoms with van der Waals surface area (Å²) < 4.78 is 20.2. The molecule has 3 aromatic carbocycles. The van der Waals surface area contributed by atoms with Crippen LogP contribution in [0.5, 0.6) is 5.75 Å². The summed E-state index contributed by atoms with van der Waals surface area (Å²) in [5, 5.41) is 12.9. The van der Waals surface area contributed by atoms with Gasteiger partial charge in [0, 0.05) is 17.7 Å². The second-order valence-electron chi connectivity index (χ2n) is 7.50. The van der Waals surface area contributed by atoms with Gasteiger partial charge in [-0.25, -0.2) is 19.5 Å². The highest BCUT2D eigenvalue weighted by Gasteiger charge is 2.15. The third-order valence-corrected chi connectivity index (χ3v) is 5.17. The van der Waals surface area contributed by atoms with E-state index in [0.29, 0.717) is 40.6 Å². The number of ether oxygens (including phenoxy) is 1. The molecule has 0 radical (unpaired) electrons. The summed E-state index contributed by atoms with van der Waals surface area (Å²) in [5.74, 6) is -0.222. The largest absolute Gasteiger partial charge is 0.493 e. The molecular weight excluding hydrogens is 435 g/mol. The standard InChI is InChI=1S/C25H19FN6O2/c26-21-11-6-17(23-27-15-22-24(29-23)31-32-30-22)14-20(21)25(33)28-18-7-9-19(10-8-18)34-13-12-16-4-2-1-3-5-16/h1-11,14-15H,12-13H2,(H,28,33)(H,27,29,30,31,32). The molecule has 9 heteroatoms. The molecule has 0 fully saturated rings. The Morgan fingerprint density at radius 2 is 1.85 bits per heavy atom. The van der Waals surface area contributed by atoms with E-state index in [4.69, 9.17) is 4.74 Å². The fourth-order valence-corrected chi connectivity index (χ4v) is 3.40. The Bertz CT molecular complexity index is 1440. The first-order chi connectivity index (χ1) is 16.7. The Hall–Kier alpha value is -4.66. The molecule has 168 valence electrons. The lowest BCUT2D eigenvalue weighted by molar-refractivity contribution is 0.102. The number of nitrogens with zero attached hydrogens (tertiary/aromatic N) is 4. The van der Waals surface area contributed by atoms with E-state index in [0.717, 1.165) is 6.42 Å². The van der Waals surface area contributed by atoms with Crippen LogP contribution in [0.4, 0.5) is 10.1 Å². The topological polar surface area (TPSA) is 106 Å². The van der Waals surface area contributed by atoms with Gasteiger partial charge in [-0.2, -0.15) is 0 Å². The minimum absolute atomic E-state index is 0.118. The van der Waals surface area contributed by atoms with Gasteiger partial charge in [-0.15, -0.1) is 5.10 Å². The average molecular weight is 454 g/mol. The van der Waals surface area contributed by atoms with Crippen LogP contribution in [0.25, 0.3) is 22.6 Å².